The van der Waals surface area contributed by atoms with Gasteiger partial charge in [0.05, 0.1) is 15.8 Å². The molecule has 0 saturated heterocycles. The summed E-state index contributed by atoms with van der Waals surface area (Å²) in [5, 5.41) is 7.58. The van der Waals surface area contributed by atoms with E-state index in [0.29, 0.717) is 0 Å². The molecule has 0 saturated carbocycles. The zero-order valence-electron chi connectivity index (χ0n) is 35.4. The highest BCUT2D eigenvalue weighted by molar-refractivity contribution is 7.26. The molecule has 2 heteroatoms. The van der Waals surface area contributed by atoms with Crippen molar-refractivity contribution < 1.29 is 0 Å². The second-order valence-corrected chi connectivity index (χ2v) is 18.6. The first-order valence-electron chi connectivity index (χ1n) is 22.5. The van der Waals surface area contributed by atoms with Gasteiger partial charge < -0.3 is 4.90 Å². The molecule has 302 valence electrons. The van der Waals surface area contributed by atoms with Crippen LogP contribution in [0.4, 0.5) is 17.1 Å². The minimum atomic E-state index is -0.430. The first-order chi connectivity index (χ1) is 32.2. The molecule has 1 heterocycles. The predicted octanol–water partition coefficient (Wildman–Crippen LogP) is 17.5. The van der Waals surface area contributed by atoms with Crippen LogP contribution >= 0.6 is 11.3 Å². The van der Waals surface area contributed by atoms with E-state index in [1.165, 1.54) is 114 Å². The number of thiophene rings is 1. The van der Waals surface area contributed by atoms with Crippen molar-refractivity contribution in [2.45, 2.75) is 5.41 Å². The highest BCUT2D eigenvalue weighted by Gasteiger charge is 2.51. The summed E-state index contributed by atoms with van der Waals surface area (Å²) in [6, 6.07) is 88.4. The Hall–Kier alpha value is -8.04. The van der Waals surface area contributed by atoms with Gasteiger partial charge in [0, 0.05) is 26.8 Å². The summed E-state index contributed by atoms with van der Waals surface area (Å²) in [7, 11) is 0. The molecular formula is C63H39NS. The molecule has 1 aromatic heterocycles. The molecule has 0 aliphatic heterocycles. The van der Waals surface area contributed by atoms with Crippen molar-refractivity contribution in [3.8, 4) is 44.5 Å². The quantitative estimate of drug-likeness (QED) is 0.167. The molecule has 0 unspecified atom stereocenters. The average Bonchev–Trinajstić information content (AvgIpc) is 4.01. The van der Waals surface area contributed by atoms with Crippen LogP contribution in [0, 0.1) is 0 Å². The molecule has 65 heavy (non-hydrogen) atoms. The van der Waals surface area contributed by atoms with Gasteiger partial charge >= 0.3 is 0 Å². The van der Waals surface area contributed by atoms with Crippen molar-refractivity contribution in [2.75, 3.05) is 4.90 Å². The van der Waals surface area contributed by atoms with Gasteiger partial charge in [0.15, 0.2) is 0 Å². The standard InChI is InChI=1S/C63H39NS/c1-2-13-42-36-44(25-24-40(42)12-1)47-29-28-45-37-43(26-27-46(45)38-47)41-30-32-48(33-31-41)64(60-22-11-18-55-54-17-6-10-23-61(54)65-62(55)60)49-34-35-53-52-16-5-9-21-58(52)63(59(53)39-49)56-19-7-3-14-50(56)51-15-4-8-20-57(51)63/h1-39H. The smallest absolute Gasteiger partial charge is 0.0726 e. The maximum atomic E-state index is 2.50. The van der Waals surface area contributed by atoms with Gasteiger partial charge in [-0.1, -0.05) is 182 Å². The lowest BCUT2D eigenvalue weighted by molar-refractivity contribution is 0.793. The van der Waals surface area contributed by atoms with Crippen LogP contribution in [-0.2, 0) is 5.41 Å². The van der Waals surface area contributed by atoms with Crippen LogP contribution < -0.4 is 4.90 Å². The third-order valence-electron chi connectivity index (χ3n) is 14.2. The molecule has 11 aromatic carbocycles. The molecule has 0 radical (unpaired) electrons. The van der Waals surface area contributed by atoms with Gasteiger partial charge in [0.1, 0.15) is 0 Å². The van der Waals surface area contributed by atoms with Gasteiger partial charge in [0.2, 0.25) is 0 Å². The van der Waals surface area contributed by atoms with E-state index in [1.54, 1.807) is 0 Å². The lowest BCUT2D eigenvalue weighted by atomic mass is 9.70. The average molecular weight is 842 g/mol. The van der Waals surface area contributed by atoms with E-state index in [-0.39, 0.29) is 0 Å². The number of nitrogens with zero attached hydrogens (tertiary/aromatic N) is 1. The van der Waals surface area contributed by atoms with Crippen molar-refractivity contribution in [1.82, 2.24) is 0 Å². The van der Waals surface area contributed by atoms with Crippen LogP contribution in [0.5, 0.6) is 0 Å². The lowest BCUT2D eigenvalue weighted by Gasteiger charge is -2.32. The Balaban J connectivity index is 0.917. The molecule has 0 amide bonds. The second kappa shape index (κ2) is 14.0. The van der Waals surface area contributed by atoms with Crippen LogP contribution in [-0.4, -0.2) is 0 Å². The Kier molecular flexibility index (Phi) is 7.84. The molecule has 0 N–H and O–H groups in total. The molecule has 0 atom stereocenters. The summed E-state index contributed by atoms with van der Waals surface area (Å²) in [6.07, 6.45) is 0. The van der Waals surface area contributed by atoms with Crippen molar-refractivity contribution in [2.24, 2.45) is 0 Å². The summed E-state index contributed by atoms with van der Waals surface area (Å²) >= 11 is 1.88. The molecule has 0 bridgehead atoms. The third-order valence-corrected chi connectivity index (χ3v) is 15.5. The number of benzene rings is 11. The number of fused-ring (bicyclic) bond motifs is 15. The molecule has 1 nitrogen and oxygen atoms in total. The number of hydrogen-bond acceptors (Lipinski definition) is 2. The first-order valence-corrected chi connectivity index (χ1v) is 23.3. The van der Waals surface area contributed by atoms with Crippen LogP contribution in [0.25, 0.3) is 86.2 Å². The van der Waals surface area contributed by atoms with Crippen LogP contribution in [0.15, 0.2) is 237 Å². The Morgan fingerprint density at radius 2 is 0.785 bits per heavy atom. The van der Waals surface area contributed by atoms with Gasteiger partial charge in [-0.3, -0.25) is 0 Å². The Morgan fingerprint density at radius 1 is 0.308 bits per heavy atom. The minimum Gasteiger partial charge on any atom is -0.309 e. The first kappa shape index (κ1) is 36.4. The van der Waals surface area contributed by atoms with Crippen molar-refractivity contribution in [3.05, 3.63) is 259 Å². The van der Waals surface area contributed by atoms with E-state index in [0.717, 1.165) is 11.4 Å². The van der Waals surface area contributed by atoms with Gasteiger partial charge in [-0.25, -0.2) is 0 Å². The van der Waals surface area contributed by atoms with Crippen molar-refractivity contribution in [3.63, 3.8) is 0 Å². The summed E-state index contributed by atoms with van der Waals surface area (Å²) in [6.45, 7) is 0. The number of rotatable bonds is 5. The van der Waals surface area contributed by atoms with Crippen LogP contribution in [0.1, 0.15) is 22.3 Å². The fourth-order valence-electron chi connectivity index (χ4n) is 11.3. The van der Waals surface area contributed by atoms with Crippen LogP contribution in [0.3, 0.4) is 0 Å². The zero-order valence-corrected chi connectivity index (χ0v) is 36.2. The lowest BCUT2D eigenvalue weighted by Crippen LogP contribution is -2.26. The summed E-state index contributed by atoms with van der Waals surface area (Å²) < 4.78 is 2.58. The topological polar surface area (TPSA) is 3.24 Å². The van der Waals surface area contributed by atoms with E-state index >= 15 is 0 Å². The highest BCUT2D eigenvalue weighted by Crippen LogP contribution is 2.63. The van der Waals surface area contributed by atoms with E-state index in [4.69, 9.17) is 0 Å². The van der Waals surface area contributed by atoms with E-state index in [9.17, 15) is 0 Å². The normalized spacial score (nSPS) is 13.0. The maximum Gasteiger partial charge on any atom is 0.0726 e. The minimum absolute atomic E-state index is 0.430. The van der Waals surface area contributed by atoms with Gasteiger partial charge in [-0.05, 0) is 143 Å². The Labute approximate surface area is 381 Å². The largest absolute Gasteiger partial charge is 0.309 e. The Bertz CT molecular complexity index is 3850. The molecule has 12 aromatic rings. The van der Waals surface area contributed by atoms with Gasteiger partial charge in [0.25, 0.3) is 0 Å². The van der Waals surface area contributed by atoms with Gasteiger partial charge in [-0.15, -0.1) is 11.3 Å². The van der Waals surface area contributed by atoms with Crippen molar-refractivity contribution in [1.29, 1.82) is 0 Å². The Morgan fingerprint density at radius 3 is 1.45 bits per heavy atom. The van der Waals surface area contributed by atoms with Crippen LogP contribution in [0.2, 0.25) is 0 Å². The summed E-state index contributed by atoms with van der Waals surface area (Å²) in [5.41, 5.74) is 18.5. The van der Waals surface area contributed by atoms with Crippen molar-refractivity contribution >= 4 is 70.1 Å². The monoisotopic (exact) mass is 841 g/mol. The second-order valence-electron chi connectivity index (χ2n) is 17.6. The molecule has 2 aliphatic rings. The molecule has 0 fully saturated rings. The van der Waals surface area contributed by atoms with E-state index < -0.39 is 5.41 Å². The fourth-order valence-corrected chi connectivity index (χ4v) is 12.5. The SMILES string of the molecule is c1ccc2c(c1)-c1ccccc1C21c2ccccc2-c2ccc(N(c3ccc(-c4ccc5cc(-c6ccc7ccccc7c6)ccc5c4)cc3)c3cccc4c3sc3ccccc34)cc21. The maximum absolute atomic E-state index is 2.50. The van der Waals surface area contributed by atoms with E-state index in [2.05, 4.69) is 241 Å². The third kappa shape index (κ3) is 5.32. The highest BCUT2D eigenvalue weighted by atomic mass is 32.1. The molecular weight excluding hydrogens is 803 g/mol. The number of hydrogen-bond donors (Lipinski definition) is 0. The number of anilines is 3. The summed E-state index contributed by atoms with van der Waals surface area (Å²) in [4.78, 5) is 2.50. The van der Waals surface area contributed by atoms with E-state index in [1.807, 2.05) is 11.3 Å². The molecule has 1 spiro atoms. The fraction of sp³-hybridized carbons (Fsp3) is 0.0159. The zero-order chi connectivity index (χ0) is 42.6. The molecule has 2 aliphatic carbocycles. The summed E-state index contributed by atoms with van der Waals surface area (Å²) in [5.74, 6) is 0. The molecule has 14 rings (SSSR count). The van der Waals surface area contributed by atoms with Gasteiger partial charge in [-0.2, -0.15) is 0 Å². The predicted molar refractivity (Wildman–Crippen MR) is 276 cm³/mol.